The SMILES string of the molecule is CCCCn1c(=O)n(CCCc2nc(C=Cc3ccccc3)no2)c(=O)c2[nH]c(Cl)nc21. The summed E-state index contributed by atoms with van der Waals surface area (Å²) in [6.45, 7) is 2.71. The number of aromatic nitrogens is 6. The number of halogens is 1. The molecule has 4 aromatic rings. The Balaban J connectivity index is 1.48. The number of fused-ring (bicyclic) bond motifs is 1. The zero-order valence-electron chi connectivity index (χ0n) is 17.6. The summed E-state index contributed by atoms with van der Waals surface area (Å²) in [6, 6.07) is 9.81. The molecule has 0 bridgehead atoms. The van der Waals surface area contributed by atoms with E-state index in [-0.39, 0.29) is 17.3 Å². The van der Waals surface area contributed by atoms with Gasteiger partial charge in [-0.3, -0.25) is 13.9 Å². The number of imidazole rings is 1. The van der Waals surface area contributed by atoms with E-state index >= 15 is 0 Å². The van der Waals surface area contributed by atoms with Crippen LogP contribution in [0.25, 0.3) is 23.3 Å². The Kier molecular flexibility index (Phi) is 6.65. The van der Waals surface area contributed by atoms with E-state index < -0.39 is 11.2 Å². The van der Waals surface area contributed by atoms with Crippen LogP contribution < -0.4 is 11.2 Å². The molecule has 3 heterocycles. The standard InChI is InChI=1S/C22H23ClN6O3/c1-2-3-13-28-19-18(25-21(23)26-19)20(30)29(22(28)31)14-7-10-17-24-16(27-32-17)12-11-15-8-5-4-6-9-15/h4-6,8-9,11-12H,2-3,7,10,13-14H2,1H3,(H,25,26). The molecule has 9 nitrogen and oxygen atoms in total. The summed E-state index contributed by atoms with van der Waals surface area (Å²) in [6.07, 6.45) is 6.30. The summed E-state index contributed by atoms with van der Waals surface area (Å²) in [4.78, 5) is 37.0. The van der Waals surface area contributed by atoms with Crippen LogP contribution in [0.2, 0.25) is 5.28 Å². The van der Waals surface area contributed by atoms with Gasteiger partial charge in [-0.15, -0.1) is 0 Å². The molecule has 0 radical (unpaired) electrons. The van der Waals surface area contributed by atoms with Crippen molar-refractivity contribution in [3.8, 4) is 0 Å². The molecule has 3 aromatic heterocycles. The average molecular weight is 455 g/mol. The number of hydrogen-bond acceptors (Lipinski definition) is 6. The maximum absolute atomic E-state index is 13.0. The molecule has 1 aromatic carbocycles. The van der Waals surface area contributed by atoms with Gasteiger partial charge in [0.25, 0.3) is 5.56 Å². The lowest BCUT2D eigenvalue weighted by Crippen LogP contribution is -2.40. The van der Waals surface area contributed by atoms with Gasteiger partial charge in [-0.2, -0.15) is 9.97 Å². The number of hydrogen-bond donors (Lipinski definition) is 1. The van der Waals surface area contributed by atoms with Crippen LogP contribution in [-0.2, 0) is 19.5 Å². The Bertz CT molecular complexity index is 1350. The van der Waals surface area contributed by atoms with Crippen molar-refractivity contribution in [2.45, 2.75) is 45.7 Å². The second-order valence-corrected chi connectivity index (χ2v) is 7.72. The van der Waals surface area contributed by atoms with E-state index in [2.05, 4.69) is 20.1 Å². The van der Waals surface area contributed by atoms with Crippen LogP contribution in [0.15, 0.2) is 44.4 Å². The van der Waals surface area contributed by atoms with Gasteiger partial charge in [0.1, 0.15) is 0 Å². The molecular formula is C22H23ClN6O3. The van der Waals surface area contributed by atoms with Crippen molar-refractivity contribution in [1.29, 1.82) is 0 Å². The minimum absolute atomic E-state index is 0.0847. The van der Waals surface area contributed by atoms with E-state index in [4.69, 9.17) is 16.1 Å². The fourth-order valence-corrected chi connectivity index (χ4v) is 3.59. The molecule has 0 saturated heterocycles. The molecule has 0 spiro atoms. The Labute approximate surface area is 188 Å². The molecular weight excluding hydrogens is 432 g/mol. The van der Waals surface area contributed by atoms with E-state index in [9.17, 15) is 9.59 Å². The summed E-state index contributed by atoms with van der Waals surface area (Å²) in [7, 11) is 0. The van der Waals surface area contributed by atoms with Gasteiger partial charge in [-0.25, -0.2) is 4.79 Å². The maximum atomic E-state index is 13.0. The Morgan fingerprint density at radius 3 is 2.62 bits per heavy atom. The van der Waals surface area contributed by atoms with E-state index in [0.717, 1.165) is 18.4 Å². The highest BCUT2D eigenvalue weighted by Crippen LogP contribution is 2.11. The topological polar surface area (TPSA) is 112 Å². The van der Waals surface area contributed by atoms with Crippen LogP contribution in [0.1, 0.15) is 43.5 Å². The first-order chi connectivity index (χ1) is 15.6. The average Bonchev–Trinajstić information content (AvgIpc) is 3.42. The number of nitrogens with zero attached hydrogens (tertiary/aromatic N) is 5. The zero-order valence-corrected chi connectivity index (χ0v) is 18.4. The number of aryl methyl sites for hydroxylation is 2. The second-order valence-electron chi connectivity index (χ2n) is 7.36. The molecule has 32 heavy (non-hydrogen) atoms. The first-order valence-electron chi connectivity index (χ1n) is 10.5. The van der Waals surface area contributed by atoms with Crippen LogP contribution in [0, 0.1) is 0 Å². The molecule has 0 aliphatic heterocycles. The van der Waals surface area contributed by atoms with E-state index in [1.54, 1.807) is 6.08 Å². The predicted octanol–water partition coefficient (Wildman–Crippen LogP) is 3.53. The quantitative estimate of drug-likeness (QED) is 0.387. The highest BCUT2D eigenvalue weighted by atomic mass is 35.5. The van der Waals surface area contributed by atoms with E-state index in [1.807, 2.05) is 43.3 Å². The van der Waals surface area contributed by atoms with Crippen LogP contribution >= 0.6 is 11.6 Å². The van der Waals surface area contributed by atoms with Crippen molar-refractivity contribution in [3.05, 3.63) is 73.7 Å². The summed E-state index contributed by atoms with van der Waals surface area (Å²) < 4.78 is 7.99. The Morgan fingerprint density at radius 2 is 1.84 bits per heavy atom. The van der Waals surface area contributed by atoms with Crippen molar-refractivity contribution in [2.24, 2.45) is 0 Å². The lowest BCUT2D eigenvalue weighted by atomic mass is 10.2. The number of nitrogens with one attached hydrogen (secondary N) is 1. The van der Waals surface area contributed by atoms with Crippen LogP contribution in [0.3, 0.4) is 0 Å². The zero-order chi connectivity index (χ0) is 22.5. The summed E-state index contributed by atoms with van der Waals surface area (Å²) >= 11 is 5.95. The largest absolute Gasteiger partial charge is 0.339 e. The normalized spacial score (nSPS) is 11.7. The van der Waals surface area contributed by atoms with Gasteiger partial charge >= 0.3 is 5.69 Å². The predicted molar refractivity (Wildman–Crippen MR) is 123 cm³/mol. The molecule has 0 unspecified atom stereocenters. The minimum atomic E-state index is -0.436. The number of H-pyrrole nitrogens is 1. The van der Waals surface area contributed by atoms with Crippen molar-refractivity contribution in [1.82, 2.24) is 29.2 Å². The lowest BCUT2D eigenvalue weighted by molar-refractivity contribution is 0.369. The fourth-order valence-electron chi connectivity index (χ4n) is 3.41. The third-order valence-corrected chi connectivity index (χ3v) is 5.23. The molecule has 0 atom stereocenters. The number of rotatable bonds is 9. The molecule has 0 aliphatic carbocycles. The Hall–Kier alpha value is -3.46. The van der Waals surface area contributed by atoms with Crippen molar-refractivity contribution in [3.63, 3.8) is 0 Å². The fraction of sp³-hybridized carbons (Fsp3) is 0.318. The van der Waals surface area contributed by atoms with Gasteiger partial charge in [0, 0.05) is 19.5 Å². The van der Waals surface area contributed by atoms with Crippen molar-refractivity contribution < 1.29 is 4.52 Å². The Morgan fingerprint density at radius 1 is 1.06 bits per heavy atom. The van der Waals surface area contributed by atoms with E-state index in [0.29, 0.717) is 36.7 Å². The van der Waals surface area contributed by atoms with Gasteiger partial charge in [0.05, 0.1) is 0 Å². The highest BCUT2D eigenvalue weighted by Gasteiger charge is 2.17. The number of unbranched alkanes of at least 4 members (excludes halogenated alkanes) is 1. The third kappa shape index (κ3) is 4.72. The molecule has 10 heteroatoms. The molecule has 0 amide bonds. The molecule has 166 valence electrons. The molecule has 1 N–H and O–H groups in total. The van der Waals surface area contributed by atoms with E-state index in [1.165, 1.54) is 9.13 Å². The summed E-state index contributed by atoms with van der Waals surface area (Å²) in [5.74, 6) is 0.916. The summed E-state index contributed by atoms with van der Waals surface area (Å²) in [5.41, 5.74) is 0.732. The van der Waals surface area contributed by atoms with Crippen LogP contribution in [0.4, 0.5) is 0 Å². The maximum Gasteiger partial charge on any atom is 0.332 e. The smallest absolute Gasteiger partial charge is 0.332 e. The monoisotopic (exact) mass is 454 g/mol. The van der Waals surface area contributed by atoms with Crippen molar-refractivity contribution >= 4 is 34.9 Å². The van der Waals surface area contributed by atoms with Gasteiger partial charge in [-0.1, -0.05) is 54.9 Å². The van der Waals surface area contributed by atoms with Gasteiger partial charge < -0.3 is 9.51 Å². The van der Waals surface area contributed by atoms with Crippen molar-refractivity contribution in [2.75, 3.05) is 0 Å². The van der Waals surface area contributed by atoms with Gasteiger partial charge in [0.2, 0.25) is 11.2 Å². The van der Waals surface area contributed by atoms with Gasteiger partial charge in [-0.05, 0) is 36.1 Å². The molecule has 0 fully saturated rings. The first kappa shape index (κ1) is 21.8. The third-order valence-electron chi connectivity index (χ3n) is 5.05. The highest BCUT2D eigenvalue weighted by molar-refractivity contribution is 6.28. The summed E-state index contributed by atoms with van der Waals surface area (Å²) in [5, 5.41) is 4.03. The second kappa shape index (κ2) is 9.78. The molecule has 0 aliphatic rings. The van der Waals surface area contributed by atoms with Gasteiger partial charge in [0.15, 0.2) is 17.0 Å². The minimum Gasteiger partial charge on any atom is -0.339 e. The van der Waals surface area contributed by atoms with Crippen LogP contribution in [-0.4, -0.2) is 29.2 Å². The van der Waals surface area contributed by atoms with Crippen LogP contribution in [0.5, 0.6) is 0 Å². The number of aromatic amines is 1. The number of benzene rings is 1. The molecule has 0 saturated carbocycles. The lowest BCUT2D eigenvalue weighted by Gasteiger charge is -2.10. The molecule has 4 rings (SSSR count). The first-order valence-corrected chi connectivity index (χ1v) is 10.9.